The normalized spacial score (nSPS) is 18.4. The topological polar surface area (TPSA) is 95.9 Å². The third-order valence-electron chi connectivity index (χ3n) is 3.34. The highest BCUT2D eigenvalue weighted by Gasteiger charge is 2.33. The maximum Gasteiger partial charge on any atom is 0.407 e. The quantitative estimate of drug-likeness (QED) is 0.699. The van der Waals surface area contributed by atoms with E-state index in [0.717, 1.165) is 19.3 Å². The van der Waals surface area contributed by atoms with Gasteiger partial charge in [0.15, 0.2) is 0 Å². The highest BCUT2D eigenvalue weighted by molar-refractivity contribution is 5.86. The zero-order chi connectivity index (χ0) is 16.8. The third kappa shape index (κ3) is 6.78. The van der Waals surface area contributed by atoms with E-state index >= 15 is 0 Å². The molecule has 0 aromatic heterocycles. The molecule has 1 heterocycles. The van der Waals surface area contributed by atoms with Crippen LogP contribution in [0.15, 0.2) is 0 Å². The summed E-state index contributed by atoms with van der Waals surface area (Å²) in [4.78, 5) is 35.5. The molecule has 1 unspecified atom stereocenters. The SMILES string of the molecule is CC(C)(C)OC(=O)NCCCCCN1CC(C(=O)O)CC1=O.[HH]. The van der Waals surface area contributed by atoms with Crippen LogP contribution >= 0.6 is 0 Å². The largest absolute Gasteiger partial charge is 0.481 e. The van der Waals surface area contributed by atoms with E-state index in [0.29, 0.717) is 19.6 Å². The summed E-state index contributed by atoms with van der Waals surface area (Å²) in [6.07, 6.45) is 2.14. The summed E-state index contributed by atoms with van der Waals surface area (Å²) in [6.45, 7) is 6.85. The zero-order valence-electron chi connectivity index (χ0n) is 13.6. The summed E-state index contributed by atoms with van der Waals surface area (Å²) in [7, 11) is 0. The first-order valence-corrected chi connectivity index (χ1v) is 7.66. The van der Waals surface area contributed by atoms with Gasteiger partial charge in [-0.25, -0.2) is 4.79 Å². The zero-order valence-corrected chi connectivity index (χ0v) is 13.6. The average molecular weight is 316 g/mol. The Morgan fingerprint density at radius 2 is 2.05 bits per heavy atom. The van der Waals surface area contributed by atoms with Crippen molar-refractivity contribution in [3.05, 3.63) is 0 Å². The van der Waals surface area contributed by atoms with Crippen LogP contribution in [0.3, 0.4) is 0 Å². The van der Waals surface area contributed by atoms with E-state index in [9.17, 15) is 14.4 Å². The maximum absolute atomic E-state index is 11.6. The number of carbonyl (C=O) groups excluding carboxylic acids is 2. The van der Waals surface area contributed by atoms with Crippen molar-refractivity contribution in [1.82, 2.24) is 10.2 Å². The molecule has 0 aromatic carbocycles. The van der Waals surface area contributed by atoms with Crippen LogP contribution in [0.1, 0.15) is 47.9 Å². The van der Waals surface area contributed by atoms with Crippen LogP contribution in [0.4, 0.5) is 4.79 Å². The van der Waals surface area contributed by atoms with Crippen molar-refractivity contribution in [2.24, 2.45) is 5.92 Å². The molecule has 0 aromatic rings. The number of carbonyl (C=O) groups is 3. The van der Waals surface area contributed by atoms with Gasteiger partial charge in [-0.15, -0.1) is 0 Å². The predicted molar refractivity (Wildman–Crippen MR) is 82.5 cm³/mol. The highest BCUT2D eigenvalue weighted by atomic mass is 16.6. The molecule has 0 spiro atoms. The van der Waals surface area contributed by atoms with Gasteiger partial charge < -0.3 is 20.1 Å². The molecule has 1 aliphatic heterocycles. The van der Waals surface area contributed by atoms with Gasteiger partial charge in [0.05, 0.1) is 5.92 Å². The molecule has 2 amide bonds. The molecule has 1 saturated heterocycles. The Morgan fingerprint density at radius 3 is 2.59 bits per heavy atom. The Kier molecular flexibility index (Phi) is 6.64. The van der Waals surface area contributed by atoms with E-state index in [-0.39, 0.29) is 13.8 Å². The lowest BCUT2D eigenvalue weighted by Crippen LogP contribution is -2.33. The van der Waals surface area contributed by atoms with Gasteiger partial charge in [0, 0.05) is 27.5 Å². The first-order chi connectivity index (χ1) is 10.2. The van der Waals surface area contributed by atoms with Gasteiger partial charge in [0.2, 0.25) is 5.91 Å². The van der Waals surface area contributed by atoms with Crippen LogP contribution in [0.25, 0.3) is 0 Å². The molecular formula is C15H28N2O5. The Labute approximate surface area is 132 Å². The standard InChI is InChI=1S/C15H26N2O5.H2/c1-15(2,3)22-14(21)16-7-5-4-6-8-17-10-11(13(19)20)9-12(17)18;/h11H,4-10H2,1-3H3,(H,16,21)(H,19,20);1H. The molecule has 22 heavy (non-hydrogen) atoms. The first-order valence-electron chi connectivity index (χ1n) is 7.66. The lowest BCUT2D eigenvalue weighted by Gasteiger charge is -2.19. The number of nitrogens with zero attached hydrogens (tertiary/aromatic N) is 1. The van der Waals surface area contributed by atoms with Crippen LogP contribution in [0, 0.1) is 5.92 Å². The Bertz CT molecular complexity index is 423. The molecule has 7 nitrogen and oxygen atoms in total. The minimum absolute atomic E-state index is 0. The smallest absolute Gasteiger partial charge is 0.407 e. The molecule has 0 aliphatic carbocycles. The monoisotopic (exact) mass is 316 g/mol. The van der Waals surface area contributed by atoms with Crippen LogP contribution in [-0.2, 0) is 14.3 Å². The van der Waals surface area contributed by atoms with E-state index in [1.165, 1.54) is 0 Å². The van der Waals surface area contributed by atoms with Crippen molar-refractivity contribution in [1.29, 1.82) is 0 Å². The molecule has 2 N–H and O–H groups in total. The van der Waals surface area contributed by atoms with Crippen LogP contribution < -0.4 is 5.32 Å². The van der Waals surface area contributed by atoms with Gasteiger partial charge in [-0.05, 0) is 40.0 Å². The first kappa shape index (κ1) is 18.3. The average Bonchev–Trinajstić information content (AvgIpc) is 2.73. The van der Waals surface area contributed by atoms with E-state index in [1.54, 1.807) is 4.90 Å². The Hall–Kier alpha value is -1.79. The van der Waals surface area contributed by atoms with Gasteiger partial charge >= 0.3 is 12.1 Å². The molecule has 7 heteroatoms. The number of aliphatic carboxylic acids is 1. The molecule has 1 atom stereocenters. The molecule has 0 radical (unpaired) electrons. The third-order valence-corrected chi connectivity index (χ3v) is 3.34. The van der Waals surface area contributed by atoms with Crippen molar-refractivity contribution in [2.45, 2.75) is 52.1 Å². The van der Waals surface area contributed by atoms with Gasteiger partial charge in [0.25, 0.3) is 0 Å². The second kappa shape index (κ2) is 8.00. The number of amides is 2. The second-order valence-corrected chi connectivity index (χ2v) is 6.57. The summed E-state index contributed by atoms with van der Waals surface area (Å²) < 4.78 is 5.12. The highest BCUT2D eigenvalue weighted by Crippen LogP contribution is 2.18. The van der Waals surface area contributed by atoms with Crippen molar-refractivity contribution in [2.75, 3.05) is 19.6 Å². The number of ether oxygens (including phenoxy) is 1. The van der Waals surface area contributed by atoms with Gasteiger partial charge in [-0.2, -0.15) is 0 Å². The van der Waals surface area contributed by atoms with Crippen LogP contribution in [0.2, 0.25) is 0 Å². The van der Waals surface area contributed by atoms with Gasteiger partial charge in [-0.1, -0.05) is 0 Å². The molecule has 0 saturated carbocycles. The number of rotatable bonds is 7. The number of hydrogen-bond acceptors (Lipinski definition) is 4. The van der Waals surface area contributed by atoms with E-state index in [2.05, 4.69) is 5.32 Å². The van der Waals surface area contributed by atoms with E-state index in [1.807, 2.05) is 20.8 Å². The number of carboxylic acid groups (broad SMARTS) is 1. The minimum atomic E-state index is -0.905. The summed E-state index contributed by atoms with van der Waals surface area (Å²) in [5.41, 5.74) is -0.499. The fourth-order valence-corrected chi connectivity index (χ4v) is 2.26. The van der Waals surface area contributed by atoms with Crippen molar-refractivity contribution < 1.29 is 25.7 Å². The summed E-state index contributed by atoms with van der Waals surface area (Å²) in [5.74, 6) is -1.56. The predicted octanol–water partition coefficient (Wildman–Crippen LogP) is 1.86. The van der Waals surface area contributed by atoms with Gasteiger partial charge in [-0.3, -0.25) is 9.59 Å². The summed E-state index contributed by atoms with van der Waals surface area (Å²) in [6, 6.07) is 0. The van der Waals surface area contributed by atoms with Crippen LogP contribution in [0.5, 0.6) is 0 Å². The molecule has 1 fully saturated rings. The molecule has 1 aliphatic rings. The lowest BCUT2D eigenvalue weighted by molar-refractivity contribution is -0.141. The van der Waals surface area contributed by atoms with E-state index < -0.39 is 23.6 Å². The Balaban J connectivity index is 0.00000484. The van der Waals surface area contributed by atoms with Crippen molar-refractivity contribution >= 4 is 18.0 Å². The fourth-order valence-electron chi connectivity index (χ4n) is 2.26. The van der Waals surface area contributed by atoms with Crippen LogP contribution in [-0.4, -0.2) is 53.2 Å². The fraction of sp³-hybridized carbons (Fsp3) is 0.800. The molecule has 0 bridgehead atoms. The minimum Gasteiger partial charge on any atom is -0.481 e. The number of alkyl carbamates (subject to hydrolysis) is 1. The maximum atomic E-state index is 11.6. The molecular weight excluding hydrogens is 288 g/mol. The lowest BCUT2D eigenvalue weighted by atomic mass is 10.1. The number of hydrogen-bond donors (Lipinski definition) is 2. The number of carboxylic acids is 1. The number of unbranched alkanes of at least 4 members (excludes halogenated alkanes) is 2. The molecule has 1 rings (SSSR count). The summed E-state index contributed by atoms with van der Waals surface area (Å²) in [5, 5.41) is 11.6. The second-order valence-electron chi connectivity index (χ2n) is 6.57. The number of nitrogens with one attached hydrogen (secondary N) is 1. The van der Waals surface area contributed by atoms with Gasteiger partial charge in [0.1, 0.15) is 5.60 Å². The van der Waals surface area contributed by atoms with Crippen molar-refractivity contribution in [3.8, 4) is 0 Å². The summed E-state index contributed by atoms with van der Waals surface area (Å²) >= 11 is 0. The van der Waals surface area contributed by atoms with E-state index in [4.69, 9.17) is 9.84 Å². The Morgan fingerprint density at radius 1 is 1.36 bits per heavy atom. The van der Waals surface area contributed by atoms with Crippen molar-refractivity contribution in [3.63, 3.8) is 0 Å². The molecule has 128 valence electrons. The number of likely N-dealkylation sites (tertiary alicyclic amines) is 1.